The van der Waals surface area contributed by atoms with Crippen molar-refractivity contribution in [1.82, 2.24) is 9.13 Å². The fourth-order valence-corrected chi connectivity index (χ4v) is 9.08. The summed E-state index contributed by atoms with van der Waals surface area (Å²) in [5, 5.41) is 33.4. The van der Waals surface area contributed by atoms with Crippen LogP contribution in [0.5, 0.6) is 0 Å². The lowest BCUT2D eigenvalue weighted by Gasteiger charge is -2.22. The maximum Gasteiger partial charge on any atom is 0.417 e. The van der Waals surface area contributed by atoms with Crippen LogP contribution >= 0.6 is 0 Å². The molecule has 10 aromatic rings. The van der Waals surface area contributed by atoms with Crippen molar-refractivity contribution in [3.63, 3.8) is 0 Å². The number of hydrogen-bond donors (Lipinski definition) is 0. The summed E-state index contributed by atoms with van der Waals surface area (Å²) in [5.74, 6) is 0. The summed E-state index contributed by atoms with van der Waals surface area (Å²) in [6.45, 7) is 15.3. The Bertz CT molecular complexity index is 3960. The second-order valence-corrected chi connectivity index (χ2v) is 15.9. The molecule has 0 bridgehead atoms. The zero-order chi connectivity index (χ0) is 47.6. The molecule has 0 amide bonds. The van der Waals surface area contributed by atoms with Gasteiger partial charge < -0.3 is 9.13 Å². The lowest BCUT2D eigenvalue weighted by molar-refractivity contribution is -0.142. The third kappa shape index (κ3) is 6.98. The van der Waals surface area contributed by atoms with Crippen LogP contribution in [-0.4, -0.2) is 9.13 Å². The maximum atomic E-state index is 15.4. The van der Waals surface area contributed by atoms with Crippen LogP contribution in [0.25, 0.3) is 98.1 Å². The topological polar surface area (TPSA) is 89.9 Å². The summed E-state index contributed by atoms with van der Waals surface area (Å²) in [6, 6.07) is 45.2. The molecule has 10 rings (SSSR count). The number of aromatic nitrogens is 2. The first-order valence-corrected chi connectivity index (χ1v) is 20.5. The van der Waals surface area contributed by atoms with Gasteiger partial charge in [0, 0.05) is 38.2 Å². The van der Waals surface area contributed by atoms with Gasteiger partial charge in [0.1, 0.15) is 6.07 Å². The van der Waals surface area contributed by atoms with Crippen molar-refractivity contribution in [2.75, 3.05) is 0 Å². The van der Waals surface area contributed by atoms with Gasteiger partial charge in [0.05, 0.1) is 75.4 Å². The fraction of sp³-hybridized carbons (Fsp3) is 0.0364. The molecule has 0 N–H and O–H groups in total. The summed E-state index contributed by atoms with van der Waals surface area (Å²) in [7, 11) is 0. The zero-order valence-corrected chi connectivity index (χ0v) is 34.8. The van der Waals surface area contributed by atoms with Gasteiger partial charge in [0.25, 0.3) is 0 Å². The molecule has 13 heteroatoms. The molecule has 0 unspecified atom stereocenters. The van der Waals surface area contributed by atoms with Crippen LogP contribution in [-0.2, 0) is 12.4 Å². The Labute approximate surface area is 382 Å². The van der Waals surface area contributed by atoms with Gasteiger partial charge in [-0.05, 0) is 113 Å². The van der Waals surface area contributed by atoms with E-state index in [1.165, 1.54) is 24.3 Å². The van der Waals surface area contributed by atoms with Gasteiger partial charge in [-0.2, -0.15) is 42.1 Å². The number of hydrogen-bond acceptors (Lipinski definition) is 3. The van der Waals surface area contributed by atoms with E-state index < -0.39 is 29.0 Å². The Hall–Kier alpha value is -9.61. The van der Waals surface area contributed by atoms with Crippen molar-refractivity contribution in [2.45, 2.75) is 12.4 Å². The molecule has 7 nitrogen and oxygen atoms in total. The van der Waals surface area contributed by atoms with Crippen molar-refractivity contribution < 1.29 is 26.3 Å². The van der Waals surface area contributed by atoms with Gasteiger partial charge in [-0.1, -0.05) is 66.7 Å². The number of rotatable bonds is 5. The second kappa shape index (κ2) is 15.8. The number of nitriles is 3. The Morgan fingerprint density at radius 3 is 1.40 bits per heavy atom. The van der Waals surface area contributed by atoms with Crippen molar-refractivity contribution in [1.29, 1.82) is 15.8 Å². The molecule has 0 fully saturated rings. The van der Waals surface area contributed by atoms with Crippen molar-refractivity contribution in [3.05, 3.63) is 202 Å². The minimum Gasteiger partial charge on any atom is -0.309 e. The summed E-state index contributed by atoms with van der Waals surface area (Å²) < 4.78 is 92.2. The van der Waals surface area contributed by atoms with E-state index in [-0.39, 0.29) is 51.1 Å². The van der Waals surface area contributed by atoms with Crippen LogP contribution < -0.4 is 0 Å². The van der Waals surface area contributed by atoms with Crippen molar-refractivity contribution in [3.8, 4) is 63.0 Å². The van der Waals surface area contributed by atoms with Gasteiger partial charge in [-0.25, -0.2) is 9.69 Å². The van der Waals surface area contributed by atoms with E-state index in [0.717, 1.165) is 11.5 Å². The van der Waals surface area contributed by atoms with Crippen molar-refractivity contribution >= 4 is 55.0 Å². The van der Waals surface area contributed by atoms with Crippen LogP contribution in [0.4, 0.5) is 37.7 Å². The third-order valence-corrected chi connectivity index (χ3v) is 12.0. The molecule has 0 spiro atoms. The fourth-order valence-electron chi connectivity index (χ4n) is 9.08. The molecule has 0 aliphatic heterocycles. The maximum absolute atomic E-state index is 15.4. The van der Waals surface area contributed by atoms with Crippen LogP contribution in [0.1, 0.15) is 27.8 Å². The van der Waals surface area contributed by atoms with Gasteiger partial charge >= 0.3 is 12.4 Å². The second-order valence-electron chi connectivity index (χ2n) is 15.9. The van der Waals surface area contributed by atoms with Gasteiger partial charge in [0.2, 0.25) is 0 Å². The molecular formula is C55H25F6N7. The summed E-state index contributed by atoms with van der Waals surface area (Å²) in [4.78, 5) is 7.04. The van der Waals surface area contributed by atoms with Crippen LogP contribution in [0.15, 0.2) is 152 Å². The minimum absolute atomic E-state index is 0.00422. The number of nitrogens with zero attached hydrogens (tertiary/aromatic N) is 7. The van der Waals surface area contributed by atoms with E-state index in [2.05, 4.69) is 27.9 Å². The Morgan fingerprint density at radius 1 is 0.426 bits per heavy atom. The standard InChI is InChI=1S/C55H25F6N7/c1-65-39-19-31(28-62)17-35(21-39)33-11-14-44-42-7-3-5-9-48(42)67(51(44)23-33)50-27-46(41-16-13-38(54(56,57)58)26-47(41)55(59,60)61)53(25-37(50)30-64)68-49-10-6-4-8-43(49)45-15-12-34(24-52(45)68)36-18-32(29-63)20-40(22-36)66-2/h3-27H. The van der Waals surface area contributed by atoms with Crippen molar-refractivity contribution in [2.24, 2.45) is 0 Å². The molecule has 68 heavy (non-hydrogen) atoms. The predicted molar refractivity (Wildman–Crippen MR) is 248 cm³/mol. The minimum atomic E-state index is -5.29. The molecule has 0 saturated carbocycles. The molecule has 0 radical (unpaired) electrons. The quantitative estimate of drug-likeness (QED) is 0.127. The average molecular weight is 898 g/mol. The molecule has 0 saturated heterocycles. The Morgan fingerprint density at radius 2 is 0.926 bits per heavy atom. The first kappa shape index (κ1) is 42.3. The zero-order valence-electron chi connectivity index (χ0n) is 34.8. The first-order chi connectivity index (χ1) is 32.7. The lowest BCUT2D eigenvalue weighted by atomic mass is 9.93. The Kier molecular flexibility index (Phi) is 9.85. The first-order valence-electron chi connectivity index (χ1n) is 20.5. The molecule has 0 aliphatic rings. The van der Waals surface area contributed by atoms with Crippen LogP contribution in [0.2, 0.25) is 0 Å². The lowest BCUT2D eigenvalue weighted by Crippen LogP contribution is -2.13. The molecule has 8 aromatic carbocycles. The van der Waals surface area contributed by atoms with Crippen LogP contribution in [0, 0.1) is 47.1 Å². The van der Waals surface area contributed by atoms with E-state index in [1.54, 1.807) is 81.9 Å². The summed E-state index contributed by atoms with van der Waals surface area (Å²) in [5.41, 5.74) is 1.52. The molecule has 322 valence electrons. The summed E-state index contributed by atoms with van der Waals surface area (Å²) in [6.07, 6.45) is -10.4. The largest absolute Gasteiger partial charge is 0.417 e. The highest BCUT2D eigenvalue weighted by atomic mass is 19.4. The SMILES string of the molecule is [C-]#[N+]c1cc(C#N)cc(-c2ccc3c4ccccc4n(-c4cc(-c5ccc(C(F)(F)F)cc5C(F)(F)F)c(-n5c6ccccc6c6ccc(-c7cc(C#N)cc([N+]#[C-])c7)cc65)cc4C#N)c3c2)c1. The predicted octanol–water partition coefficient (Wildman–Crippen LogP) is 15.6. The Balaban J connectivity index is 1.34. The monoisotopic (exact) mass is 897 g/mol. The number of alkyl halides is 6. The van der Waals surface area contributed by atoms with E-state index in [4.69, 9.17) is 13.1 Å². The van der Waals surface area contributed by atoms with Gasteiger partial charge in [-0.3, -0.25) is 0 Å². The molecule has 0 atom stereocenters. The molecule has 2 aromatic heterocycles. The highest BCUT2D eigenvalue weighted by molar-refractivity contribution is 6.12. The van der Waals surface area contributed by atoms with E-state index in [0.29, 0.717) is 66.5 Å². The van der Waals surface area contributed by atoms with E-state index in [9.17, 15) is 29.0 Å². The van der Waals surface area contributed by atoms with Gasteiger partial charge in [-0.15, -0.1) is 0 Å². The van der Waals surface area contributed by atoms with Gasteiger partial charge in [0.15, 0.2) is 11.4 Å². The molecular weight excluding hydrogens is 873 g/mol. The highest BCUT2D eigenvalue weighted by Gasteiger charge is 2.39. The smallest absolute Gasteiger partial charge is 0.309 e. The number of benzene rings is 8. The number of para-hydroxylation sites is 2. The van der Waals surface area contributed by atoms with Crippen LogP contribution in [0.3, 0.4) is 0 Å². The summed E-state index contributed by atoms with van der Waals surface area (Å²) >= 11 is 0. The molecule has 2 heterocycles. The normalized spacial score (nSPS) is 11.6. The van der Waals surface area contributed by atoms with E-state index >= 15 is 13.2 Å². The number of fused-ring (bicyclic) bond motifs is 6. The highest BCUT2D eigenvalue weighted by Crippen LogP contribution is 2.47. The van der Waals surface area contributed by atoms with E-state index in [1.807, 2.05) is 36.4 Å². The third-order valence-electron chi connectivity index (χ3n) is 12.0. The average Bonchev–Trinajstić information content (AvgIpc) is 3.86. The molecule has 0 aliphatic carbocycles. The number of halogens is 6.